The number of ether oxygens (including phenoxy) is 1. The Morgan fingerprint density at radius 1 is 1.36 bits per heavy atom. The van der Waals surface area contributed by atoms with E-state index in [4.69, 9.17) is 4.74 Å². The second kappa shape index (κ2) is 9.38. The van der Waals surface area contributed by atoms with E-state index < -0.39 is 0 Å². The van der Waals surface area contributed by atoms with Gasteiger partial charge >= 0.3 is 0 Å². The lowest BCUT2D eigenvalue weighted by Gasteiger charge is -2.27. The predicted molar refractivity (Wildman–Crippen MR) is 107 cm³/mol. The zero-order valence-electron chi connectivity index (χ0n) is 14.8. The molecule has 2 N–H and O–H groups in total. The Kier molecular flexibility index (Phi) is 7.50. The van der Waals surface area contributed by atoms with Crippen LogP contribution in [0, 0.1) is 6.92 Å². The van der Waals surface area contributed by atoms with Crippen LogP contribution in [-0.4, -0.2) is 57.2 Å². The van der Waals surface area contributed by atoms with Gasteiger partial charge in [-0.25, -0.2) is 0 Å². The molecule has 1 aromatic carbocycles. The van der Waals surface area contributed by atoms with Crippen molar-refractivity contribution in [3.63, 3.8) is 0 Å². The summed E-state index contributed by atoms with van der Waals surface area (Å²) in [5.41, 5.74) is 1.04. The maximum atomic E-state index is 12.5. The van der Waals surface area contributed by atoms with Gasteiger partial charge in [0.1, 0.15) is 5.75 Å². The van der Waals surface area contributed by atoms with Crippen LogP contribution >= 0.6 is 23.7 Å². The number of methoxy groups -OCH3 is 1. The van der Waals surface area contributed by atoms with Crippen molar-refractivity contribution in [2.24, 2.45) is 0 Å². The lowest BCUT2D eigenvalue weighted by molar-refractivity contribution is 0.0955. The van der Waals surface area contributed by atoms with E-state index in [1.165, 1.54) is 0 Å². The topological polar surface area (TPSA) is 53.6 Å². The van der Waals surface area contributed by atoms with Crippen LogP contribution in [0.25, 0.3) is 10.1 Å². The van der Waals surface area contributed by atoms with E-state index in [1.54, 1.807) is 18.4 Å². The average molecular weight is 384 g/mol. The fraction of sp³-hybridized carbons (Fsp3) is 0.500. The molecule has 0 atom stereocenters. The number of aryl methyl sites for hydroxylation is 1. The lowest BCUT2D eigenvalue weighted by atomic mass is 10.1. The van der Waals surface area contributed by atoms with Crippen LogP contribution in [-0.2, 0) is 0 Å². The van der Waals surface area contributed by atoms with Gasteiger partial charge < -0.3 is 20.3 Å². The average Bonchev–Trinajstić information content (AvgIpc) is 2.95. The van der Waals surface area contributed by atoms with Crippen molar-refractivity contribution in [2.75, 3.05) is 46.4 Å². The van der Waals surface area contributed by atoms with Crippen molar-refractivity contribution in [1.29, 1.82) is 0 Å². The fourth-order valence-corrected chi connectivity index (χ4v) is 4.17. The van der Waals surface area contributed by atoms with E-state index in [1.807, 2.05) is 25.1 Å². The van der Waals surface area contributed by atoms with E-state index in [-0.39, 0.29) is 18.3 Å². The number of amides is 1. The molecule has 1 aromatic heterocycles. The van der Waals surface area contributed by atoms with Gasteiger partial charge in [-0.15, -0.1) is 23.7 Å². The largest absolute Gasteiger partial charge is 0.497 e. The van der Waals surface area contributed by atoms with Crippen molar-refractivity contribution in [3.05, 3.63) is 28.6 Å². The fourth-order valence-electron chi connectivity index (χ4n) is 3.06. The molecule has 0 radical (unpaired) electrons. The molecule has 0 aliphatic carbocycles. The summed E-state index contributed by atoms with van der Waals surface area (Å²) in [4.78, 5) is 15.7. The number of piperazine rings is 1. The molecule has 5 nitrogen and oxygen atoms in total. The second-order valence-corrected chi connectivity index (χ2v) is 7.17. The molecular weight excluding hydrogens is 358 g/mol. The van der Waals surface area contributed by atoms with Crippen LogP contribution in [0.1, 0.15) is 21.7 Å². The first-order valence-electron chi connectivity index (χ1n) is 8.47. The lowest BCUT2D eigenvalue weighted by Crippen LogP contribution is -2.44. The first kappa shape index (κ1) is 20.0. The summed E-state index contributed by atoms with van der Waals surface area (Å²) >= 11 is 1.55. The summed E-state index contributed by atoms with van der Waals surface area (Å²) in [6.45, 7) is 8.11. The standard InChI is InChI=1S/C18H25N3O2S.ClH/c1-13-15-12-14(23-2)4-5-16(15)24-17(13)18(22)20-6-3-9-21-10-7-19-8-11-21;/h4-5,12,19H,3,6-11H2,1-2H3,(H,20,22);1H. The van der Waals surface area contributed by atoms with Gasteiger partial charge in [-0.3, -0.25) is 4.79 Å². The smallest absolute Gasteiger partial charge is 0.261 e. The molecular formula is C18H26ClN3O2S. The Hall–Kier alpha value is -1.34. The number of benzene rings is 1. The highest BCUT2D eigenvalue weighted by atomic mass is 35.5. The van der Waals surface area contributed by atoms with Crippen molar-refractivity contribution in [2.45, 2.75) is 13.3 Å². The minimum absolute atomic E-state index is 0. The molecule has 0 unspecified atom stereocenters. The van der Waals surface area contributed by atoms with Crippen molar-refractivity contribution >= 4 is 39.7 Å². The van der Waals surface area contributed by atoms with Gasteiger partial charge in [0.25, 0.3) is 5.91 Å². The molecule has 1 aliphatic heterocycles. The van der Waals surface area contributed by atoms with Gasteiger partial charge in [-0.05, 0) is 49.0 Å². The van der Waals surface area contributed by atoms with E-state index >= 15 is 0 Å². The number of carbonyl (C=O) groups is 1. The number of nitrogens with one attached hydrogen (secondary N) is 2. The summed E-state index contributed by atoms with van der Waals surface area (Å²) < 4.78 is 6.40. The van der Waals surface area contributed by atoms with Crippen LogP contribution in [0.3, 0.4) is 0 Å². The number of hydrogen-bond acceptors (Lipinski definition) is 5. The summed E-state index contributed by atoms with van der Waals surface area (Å²) in [5.74, 6) is 0.861. The van der Waals surface area contributed by atoms with Crippen LogP contribution in [0.2, 0.25) is 0 Å². The molecule has 3 rings (SSSR count). The zero-order valence-corrected chi connectivity index (χ0v) is 16.4. The van der Waals surface area contributed by atoms with Gasteiger partial charge in [0.15, 0.2) is 0 Å². The van der Waals surface area contributed by atoms with Crippen molar-refractivity contribution < 1.29 is 9.53 Å². The van der Waals surface area contributed by atoms with E-state index in [0.29, 0.717) is 0 Å². The van der Waals surface area contributed by atoms with Gasteiger partial charge in [0.05, 0.1) is 12.0 Å². The monoisotopic (exact) mass is 383 g/mol. The maximum absolute atomic E-state index is 12.5. The minimum Gasteiger partial charge on any atom is -0.497 e. The normalized spacial score (nSPS) is 15.0. The molecule has 0 spiro atoms. The number of nitrogens with zero attached hydrogens (tertiary/aromatic N) is 1. The quantitative estimate of drug-likeness (QED) is 0.753. The summed E-state index contributed by atoms with van der Waals surface area (Å²) in [7, 11) is 1.66. The number of fused-ring (bicyclic) bond motifs is 1. The summed E-state index contributed by atoms with van der Waals surface area (Å²) in [6, 6.07) is 5.96. The number of halogens is 1. The zero-order chi connectivity index (χ0) is 16.9. The Bertz CT molecular complexity index is 714. The number of carbonyl (C=O) groups excluding carboxylic acids is 1. The van der Waals surface area contributed by atoms with Gasteiger partial charge in [0.2, 0.25) is 0 Å². The third kappa shape index (κ3) is 4.85. The molecule has 138 valence electrons. The first-order valence-corrected chi connectivity index (χ1v) is 9.29. The van der Waals surface area contributed by atoms with Crippen LogP contribution in [0.5, 0.6) is 5.75 Å². The van der Waals surface area contributed by atoms with E-state index in [9.17, 15) is 4.79 Å². The third-order valence-corrected chi connectivity index (χ3v) is 5.77. The molecule has 0 bridgehead atoms. The van der Waals surface area contributed by atoms with Crippen molar-refractivity contribution in [3.8, 4) is 5.75 Å². The molecule has 7 heteroatoms. The predicted octanol–water partition coefficient (Wildman–Crippen LogP) is 2.67. The Morgan fingerprint density at radius 2 is 2.12 bits per heavy atom. The van der Waals surface area contributed by atoms with Gasteiger partial charge in [-0.2, -0.15) is 0 Å². The Labute approximate surface area is 159 Å². The minimum atomic E-state index is 0. The number of thiophene rings is 1. The van der Waals surface area contributed by atoms with Crippen LogP contribution < -0.4 is 15.4 Å². The van der Waals surface area contributed by atoms with Crippen molar-refractivity contribution in [1.82, 2.24) is 15.5 Å². The Morgan fingerprint density at radius 3 is 2.84 bits per heavy atom. The maximum Gasteiger partial charge on any atom is 0.261 e. The van der Waals surface area contributed by atoms with Crippen LogP contribution in [0.4, 0.5) is 0 Å². The van der Waals surface area contributed by atoms with Crippen LogP contribution in [0.15, 0.2) is 18.2 Å². The molecule has 2 aromatic rings. The second-order valence-electron chi connectivity index (χ2n) is 6.12. The highest BCUT2D eigenvalue weighted by molar-refractivity contribution is 7.21. The molecule has 1 saturated heterocycles. The highest BCUT2D eigenvalue weighted by Crippen LogP contribution is 2.33. The molecule has 1 aliphatic rings. The highest BCUT2D eigenvalue weighted by Gasteiger charge is 2.16. The van der Waals surface area contributed by atoms with Gasteiger partial charge in [0, 0.05) is 37.4 Å². The molecule has 0 saturated carbocycles. The summed E-state index contributed by atoms with van der Waals surface area (Å²) in [5, 5.41) is 7.52. The number of rotatable bonds is 6. The summed E-state index contributed by atoms with van der Waals surface area (Å²) in [6.07, 6.45) is 0.990. The van der Waals surface area contributed by atoms with E-state index in [2.05, 4.69) is 15.5 Å². The molecule has 25 heavy (non-hydrogen) atoms. The SMILES string of the molecule is COc1ccc2sc(C(=O)NCCCN3CCNCC3)c(C)c2c1.Cl. The molecule has 2 heterocycles. The first-order chi connectivity index (χ1) is 11.7. The third-order valence-electron chi connectivity index (χ3n) is 4.50. The van der Waals surface area contributed by atoms with Gasteiger partial charge in [-0.1, -0.05) is 0 Å². The molecule has 1 amide bonds. The van der Waals surface area contributed by atoms with E-state index in [0.717, 1.165) is 72.0 Å². The number of hydrogen-bond donors (Lipinski definition) is 2. The molecule has 1 fully saturated rings. The Balaban J connectivity index is 0.00000225.